The summed E-state index contributed by atoms with van der Waals surface area (Å²) < 4.78 is 0. The van der Waals surface area contributed by atoms with Gasteiger partial charge >= 0.3 is 0 Å². The zero-order valence-electron chi connectivity index (χ0n) is 9.54. The van der Waals surface area contributed by atoms with Crippen LogP contribution in [0.3, 0.4) is 0 Å². The Labute approximate surface area is 92.0 Å². The molecule has 4 heteroatoms. The highest BCUT2D eigenvalue weighted by molar-refractivity contribution is 5.86. The summed E-state index contributed by atoms with van der Waals surface area (Å²) in [7, 11) is 0. The fraction of sp³-hybridized carbons (Fsp3) is 0.727. The molecule has 0 radical (unpaired) electrons. The minimum atomic E-state index is -0.117. The highest BCUT2D eigenvalue weighted by Gasteiger charge is 2.01. The Morgan fingerprint density at radius 2 is 2.13 bits per heavy atom. The summed E-state index contributed by atoms with van der Waals surface area (Å²) in [5.74, 6) is -0.117. The number of aliphatic hydroxyl groups excluding tert-OH is 1. The van der Waals surface area contributed by atoms with Gasteiger partial charge in [0.1, 0.15) is 0 Å². The molecule has 0 atom stereocenters. The van der Waals surface area contributed by atoms with Crippen LogP contribution in [0.5, 0.6) is 0 Å². The van der Waals surface area contributed by atoms with Gasteiger partial charge in [0.05, 0.1) is 0 Å². The molecular weight excluding hydrogens is 192 g/mol. The number of carbonyl (C=O) groups excluding carboxylic acids is 1. The quantitative estimate of drug-likeness (QED) is 0.431. The minimum Gasteiger partial charge on any atom is -0.396 e. The first kappa shape index (κ1) is 14.1. The fourth-order valence-electron chi connectivity index (χ4n) is 1.31. The van der Waals surface area contributed by atoms with Crippen LogP contribution >= 0.6 is 0 Å². The largest absolute Gasteiger partial charge is 0.396 e. The first-order valence-electron chi connectivity index (χ1n) is 5.48. The van der Waals surface area contributed by atoms with Crippen LogP contribution in [0.1, 0.15) is 19.8 Å². The summed E-state index contributed by atoms with van der Waals surface area (Å²) in [5, 5.41) is 11.4. The molecule has 0 heterocycles. The van der Waals surface area contributed by atoms with Crippen LogP contribution in [0.15, 0.2) is 12.7 Å². The van der Waals surface area contributed by atoms with Gasteiger partial charge in [-0.2, -0.15) is 0 Å². The molecule has 2 N–H and O–H groups in total. The Bertz CT molecular complexity index is 183. The van der Waals surface area contributed by atoms with Crippen molar-refractivity contribution in [3.63, 3.8) is 0 Å². The Kier molecular flexibility index (Phi) is 9.11. The molecule has 1 amide bonds. The van der Waals surface area contributed by atoms with E-state index in [-0.39, 0.29) is 12.5 Å². The first-order chi connectivity index (χ1) is 7.24. The van der Waals surface area contributed by atoms with E-state index in [1.807, 2.05) is 0 Å². The molecule has 0 aromatic heterocycles. The smallest absolute Gasteiger partial charge is 0.243 e. The highest BCUT2D eigenvalue weighted by Crippen LogP contribution is 1.92. The van der Waals surface area contributed by atoms with Crippen molar-refractivity contribution in [2.45, 2.75) is 19.8 Å². The Balaban J connectivity index is 3.45. The van der Waals surface area contributed by atoms with Gasteiger partial charge in [0.15, 0.2) is 0 Å². The second-order valence-electron chi connectivity index (χ2n) is 3.36. The lowest BCUT2D eigenvalue weighted by molar-refractivity contribution is -0.116. The van der Waals surface area contributed by atoms with E-state index in [0.717, 1.165) is 32.5 Å². The van der Waals surface area contributed by atoms with Crippen LogP contribution in [0.2, 0.25) is 0 Å². The van der Waals surface area contributed by atoms with E-state index in [9.17, 15) is 4.79 Å². The van der Waals surface area contributed by atoms with Gasteiger partial charge in [-0.3, -0.25) is 4.79 Å². The van der Waals surface area contributed by atoms with Crippen molar-refractivity contribution in [2.24, 2.45) is 0 Å². The van der Waals surface area contributed by atoms with E-state index >= 15 is 0 Å². The molecule has 4 nitrogen and oxygen atoms in total. The minimum absolute atomic E-state index is 0.117. The molecule has 0 fully saturated rings. The molecule has 0 saturated heterocycles. The van der Waals surface area contributed by atoms with Crippen LogP contribution in [-0.2, 0) is 4.79 Å². The second kappa shape index (κ2) is 9.68. The number of hydrogen-bond acceptors (Lipinski definition) is 3. The normalized spacial score (nSPS) is 10.3. The van der Waals surface area contributed by atoms with Crippen molar-refractivity contribution in [1.29, 1.82) is 0 Å². The molecule has 0 unspecified atom stereocenters. The predicted molar refractivity (Wildman–Crippen MR) is 61.6 cm³/mol. The molecule has 0 aromatic rings. The number of amides is 1. The number of nitrogens with zero attached hydrogens (tertiary/aromatic N) is 1. The number of rotatable bonds is 9. The van der Waals surface area contributed by atoms with Crippen LogP contribution in [-0.4, -0.2) is 48.7 Å². The lowest BCUT2D eigenvalue weighted by Crippen LogP contribution is -2.30. The highest BCUT2D eigenvalue weighted by atomic mass is 16.3. The monoisotopic (exact) mass is 214 g/mol. The molecule has 0 aliphatic heterocycles. The van der Waals surface area contributed by atoms with E-state index in [2.05, 4.69) is 23.7 Å². The van der Waals surface area contributed by atoms with Crippen molar-refractivity contribution in [2.75, 3.05) is 32.8 Å². The topological polar surface area (TPSA) is 52.6 Å². The van der Waals surface area contributed by atoms with Crippen LogP contribution in [0, 0.1) is 0 Å². The average Bonchev–Trinajstić information content (AvgIpc) is 2.27. The molecule has 0 aliphatic carbocycles. The van der Waals surface area contributed by atoms with Gasteiger partial charge in [-0.1, -0.05) is 13.5 Å². The third-order valence-electron chi connectivity index (χ3n) is 2.22. The number of carbonyl (C=O) groups is 1. The van der Waals surface area contributed by atoms with E-state index in [1.54, 1.807) is 0 Å². The van der Waals surface area contributed by atoms with Crippen LogP contribution in [0.25, 0.3) is 0 Å². The summed E-state index contributed by atoms with van der Waals surface area (Å²) in [6.07, 6.45) is 3.02. The maximum absolute atomic E-state index is 10.8. The Morgan fingerprint density at radius 3 is 2.67 bits per heavy atom. The van der Waals surface area contributed by atoms with Crippen molar-refractivity contribution in [3.05, 3.63) is 12.7 Å². The molecule has 0 rings (SSSR count). The van der Waals surface area contributed by atoms with Gasteiger partial charge in [-0.15, -0.1) is 0 Å². The molecule has 0 bridgehead atoms. The molecule has 0 aliphatic rings. The van der Waals surface area contributed by atoms with Crippen LogP contribution < -0.4 is 5.32 Å². The summed E-state index contributed by atoms with van der Waals surface area (Å²) in [4.78, 5) is 13.1. The SMILES string of the molecule is C=CC(=O)NCCCN(CC)CCCO. The fourth-order valence-corrected chi connectivity index (χ4v) is 1.31. The van der Waals surface area contributed by atoms with Crippen molar-refractivity contribution in [1.82, 2.24) is 10.2 Å². The molecule has 0 spiro atoms. The van der Waals surface area contributed by atoms with E-state index in [1.165, 1.54) is 6.08 Å². The van der Waals surface area contributed by atoms with Gasteiger partial charge in [0.2, 0.25) is 5.91 Å². The summed E-state index contributed by atoms with van der Waals surface area (Å²) in [6.45, 7) is 9.25. The van der Waals surface area contributed by atoms with Gasteiger partial charge < -0.3 is 15.3 Å². The number of hydrogen-bond donors (Lipinski definition) is 2. The summed E-state index contributed by atoms with van der Waals surface area (Å²) in [5.41, 5.74) is 0. The van der Waals surface area contributed by atoms with Crippen LogP contribution in [0.4, 0.5) is 0 Å². The van der Waals surface area contributed by atoms with Gasteiger partial charge in [0, 0.05) is 19.7 Å². The molecular formula is C11H22N2O2. The maximum atomic E-state index is 10.8. The van der Waals surface area contributed by atoms with Gasteiger partial charge in [-0.25, -0.2) is 0 Å². The summed E-state index contributed by atoms with van der Waals surface area (Å²) in [6, 6.07) is 0. The zero-order valence-corrected chi connectivity index (χ0v) is 9.54. The van der Waals surface area contributed by atoms with Crippen molar-refractivity contribution in [3.8, 4) is 0 Å². The third-order valence-corrected chi connectivity index (χ3v) is 2.22. The van der Waals surface area contributed by atoms with E-state index < -0.39 is 0 Å². The molecule has 88 valence electrons. The Morgan fingerprint density at radius 1 is 1.47 bits per heavy atom. The second-order valence-corrected chi connectivity index (χ2v) is 3.36. The summed E-state index contributed by atoms with van der Waals surface area (Å²) >= 11 is 0. The first-order valence-corrected chi connectivity index (χ1v) is 5.48. The molecule has 0 aromatic carbocycles. The van der Waals surface area contributed by atoms with E-state index in [0.29, 0.717) is 6.54 Å². The standard InChI is InChI=1S/C11H22N2O2/c1-3-11(15)12-7-5-8-13(4-2)9-6-10-14/h3,14H,1,4-10H2,2H3,(H,12,15). The molecule has 15 heavy (non-hydrogen) atoms. The lowest BCUT2D eigenvalue weighted by Gasteiger charge is -2.19. The van der Waals surface area contributed by atoms with Crippen molar-refractivity contribution < 1.29 is 9.90 Å². The Hall–Kier alpha value is -0.870. The predicted octanol–water partition coefficient (Wildman–Crippen LogP) is 0.383. The zero-order chi connectivity index (χ0) is 11.5. The van der Waals surface area contributed by atoms with Gasteiger partial charge in [-0.05, 0) is 32.0 Å². The molecule has 0 saturated carbocycles. The maximum Gasteiger partial charge on any atom is 0.243 e. The third kappa shape index (κ3) is 8.15. The number of aliphatic hydroxyl groups is 1. The van der Waals surface area contributed by atoms with Crippen molar-refractivity contribution >= 4 is 5.91 Å². The number of nitrogens with one attached hydrogen (secondary N) is 1. The lowest BCUT2D eigenvalue weighted by atomic mass is 10.3. The van der Waals surface area contributed by atoms with E-state index in [4.69, 9.17) is 5.11 Å². The average molecular weight is 214 g/mol. The van der Waals surface area contributed by atoms with Gasteiger partial charge in [0.25, 0.3) is 0 Å².